The minimum Gasteiger partial charge on any atom is -0.491 e. The number of hydrogen-bond donors (Lipinski definition) is 3. The SMILES string of the molecule is CCNC(=NCc1ccc(OCC)c(F)c1)NC1CCN(C(N)=O)CC1. The molecule has 0 spiro atoms. The Labute approximate surface area is 153 Å². The molecule has 4 N–H and O–H groups in total. The molecule has 1 heterocycles. The monoisotopic (exact) mass is 365 g/mol. The van der Waals surface area contributed by atoms with Crippen molar-refractivity contribution in [1.82, 2.24) is 15.5 Å². The van der Waals surface area contributed by atoms with Gasteiger partial charge in [-0.3, -0.25) is 0 Å². The van der Waals surface area contributed by atoms with Gasteiger partial charge in [-0.1, -0.05) is 6.07 Å². The van der Waals surface area contributed by atoms with Crippen molar-refractivity contribution in [3.63, 3.8) is 0 Å². The maximum Gasteiger partial charge on any atom is 0.314 e. The molecule has 1 aliphatic heterocycles. The van der Waals surface area contributed by atoms with Crippen LogP contribution in [0.2, 0.25) is 0 Å². The van der Waals surface area contributed by atoms with Gasteiger partial charge < -0.3 is 26.0 Å². The second-order valence-electron chi connectivity index (χ2n) is 6.14. The van der Waals surface area contributed by atoms with Crippen LogP contribution in [0.15, 0.2) is 23.2 Å². The van der Waals surface area contributed by atoms with Gasteiger partial charge in [-0.15, -0.1) is 0 Å². The minimum atomic E-state index is -0.378. The molecule has 26 heavy (non-hydrogen) atoms. The van der Waals surface area contributed by atoms with Crippen LogP contribution in [0.1, 0.15) is 32.3 Å². The molecule has 2 rings (SSSR count). The molecule has 0 bridgehead atoms. The van der Waals surface area contributed by atoms with Gasteiger partial charge in [0, 0.05) is 25.7 Å². The van der Waals surface area contributed by atoms with Crippen molar-refractivity contribution in [2.24, 2.45) is 10.7 Å². The zero-order valence-corrected chi connectivity index (χ0v) is 15.4. The largest absolute Gasteiger partial charge is 0.491 e. The molecule has 0 saturated carbocycles. The quantitative estimate of drug-likeness (QED) is 0.530. The van der Waals surface area contributed by atoms with E-state index in [1.807, 2.05) is 19.9 Å². The summed E-state index contributed by atoms with van der Waals surface area (Å²) in [6, 6.07) is 4.74. The van der Waals surface area contributed by atoms with Gasteiger partial charge >= 0.3 is 6.03 Å². The third kappa shape index (κ3) is 5.79. The fourth-order valence-electron chi connectivity index (χ4n) is 2.84. The lowest BCUT2D eigenvalue weighted by atomic mass is 10.1. The predicted octanol–water partition coefficient (Wildman–Crippen LogP) is 1.82. The maximum absolute atomic E-state index is 13.9. The van der Waals surface area contributed by atoms with E-state index in [4.69, 9.17) is 10.5 Å². The van der Waals surface area contributed by atoms with Crippen molar-refractivity contribution in [3.8, 4) is 5.75 Å². The first-order valence-corrected chi connectivity index (χ1v) is 9.04. The first-order valence-electron chi connectivity index (χ1n) is 9.04. The first kappa shape index (κ1) is 19.8. The number of carbonyl (C=O) groups excluding carboxylic acids is 1. The third-order valence-electron chi connectivity index (χ3n) is 4.21. The third-order valence-corrected chi connectivity index (χ3v) is 4.21. The van der Waals surface area contributed by atoms with E-state index in [0.29, 0.717) is 32.2 Å². The van der Waals surface area contributed by atoms with Gasteiger partial charge in [0.05, 0.1) is 13.2 Å². The second kappa shape index (κ2) is 9.84. The number of hydrogen-bond acceptors (Lipinski definition) is 3. The first-order chi connectivity index (χ1) is 12.5. The standard InChI is InChI=1S/C18H28FN5O2/c1-3-21-18(23-14-7-9-24(10-8-14)17(20)25)22-12-13-5-6-16(26-4-2)15(19)11-13/h5-6,11,14H,3-4,7-10,12H2,1-2H3,(H2,20,25)(H2,21,22,23). The van der Waals surface area contributed by atoms with Crippen LogP contribution in [-0.2, 0) is 6.54 Å². The zero-order chi connectivity index (χ0) is 18.9. The number of benzene rings is 1. The van der Waals surface area contributed by atoms with E-state index in [1.165, 1.54) is 6.07 Å². The summed E-state index contributed by atoms with van der Waals surface area (Å²) in [5.74, 6) is 0.558. The van der Waals surface area contributed by atoms with Crippen LogP contribution in [-0.4, -0.2) is 49.2 Å². The summed E-state index contributed by atoms with van der Waals surface area (Å²) in [6.07, 6.45) is 1.62. The number of halogens is 1. The van der Waals surface area contributed by atoms with Crippen LogP contribution in [0, 0.1) is 5.82 Å². The molecule has 1 aromatic rings. The number of aliphatic imine (C=N–C) groups is 1. The van der Waals surface area contributed by atoms with Crippen LogP contribution in [0.5, 0.6) is 5.75 Å². The molecule has 7 nitrogen and oxygen atoms in total. The van der Waals surface area contributed by atoms with Crippen molar-refractivity contribution < 1.29 is 13.9 Å². The van der Waals surface area contributed by atoms with E-state index in [0.717, 1.165) is 24.9 Å². The highest BCUT2D eigenvalue weighted by Crippen LogP contribution is 2.18. The Morgan fingerprint density at radius 3 is 2.69 bits per heavy atom. The summed E-state index contributed by atoms with van der Waals surface area (Å²) >= 11 is 0. The van der Waals surface area contributed by atoms with Gasteiger partial charge in [0.25, 0.3) is 0 Å². The average molecular weight is 365 g/mol. The Morgan fingerprint density at radius 1 is 1.38 bits per heavy atom. The molecule has 1 fully saturated rings. The van der Waals surface area contributed by atoms with Crippen LogP contribution in [0.4, 0.5) is 9.18 Å². The number of primary amides is 1. The number of guanidine groups is 1. The number of nitrogens with one attached hydrogen (secondary N) is 2. The molecule has 2 amide bonds. The fraction of sp³-hybridized carbons (Fsp3) is 0.556. The number of urea groups is 1. The zero-order valence-electron chi connectivity index (χ0n) is 15.4. The number of amides is 2. The lowest BCUT2D eigenvalue weighted by Gasteiger charge is -2.32. The van der Waals surface area contributed by atoms with E-state index in [1.54, 1.807) is 11.0 Å². The fourth-order valence-corrected chi connectivity index (χ4v) is 2.84. The average Bonchev–Trinajstić information content (AvgIpc) is 2.62. The lowest BCUT2D eigenvalue weighted by molar-refractivity contribution is 0.188. The smallest absolute Gasteiger partial charge is 0.314 e. The van der Waals surface area contributed by atoms with Gasteiger partial charge in [0.15, 0.2) is 17.5 Å². The molecular weight excluding hydrogens is 337 g/mol. The van der Waals surface area contributed by atoms with E-state index in [9.17, 15) is 9.18 Å². The topological polar surface area (TPSA) is 92.0 Å². The van der Waals surface area contributed by atoms with E-state index in [2.05, 4.69) is 15.6 Å². The van der Waals surface area contributed by atoms with Crippen molar-refractivity contribution in [2.75, 3.05) is 26.2 Å². The lowest BCUT2D eigenvalue weighted by Crippen LogP contribution is -2.50. The minimum absolute atomic E-state index is 0.223. The highest BCUT2D eigenvalue weighted by Gasteiger charge is 2.21. The molecule has 0 aromatic heterocycles. The highest BCUT2D eigenvalue weighted by molar-refractivity contribution is 5.80. The van der Waals surface area contributed by atoms with Crippen LogP contribution in [0.3, 0.4) is 0 Å². The Balaban J connectivity index is 1.94. The van der Waals surface area contributed by atoms with E-state index in [-0.39, 0.29) is 23.6 Å². The molecular formula is C18H28FN5O2. The van der Waals surface area contributed by atoms with Gasteiger partial charge in [-0.05, 0) is 44.4 Å². The number of likely N-dealkylation sites (tertiary alicyclic amines) is 1. The van der Waals surface area contributed by atoms with Crippen LogP contribution in [0.25, 0.3) is 0 Å². The van der Waals surface area contributed by atoms with Gasteiger partial charge in [-0.25, -0.2) is 14.2 Å². The van der Waals surface area contributed by atoms with Crippen LogP contribution >= 0.6 is 0 Å². The molecule has 0 radical (unpaired) electrons. The van der Waals surface area contributed by atoms with Crippen molar-refractivity contribution >= 4 is 12.0 Å². The Morgan fingerprint density at radius 2 is 2.12 bits per heavy atom. The number of carbonyl (C=O) groups is 1. The second-order valence-corrected chi connectivity index (χ2v) is 6.14. The number of ether oxygens (including phenoxy) is 1. The van der Waals surface area contributed by atoms with E-state index < -0.39 is 0 Å². The molecule has 1 aromatic carbocycles. The number of piperidine rings is 1. The Bertz CT molecular complexity index is 630. The molecule has 0 atom stereocenters. The normalized spacial score (nSPS) is 15.7. The Kier molecular flexibility index (Phi) is 7.50. The van der Waals surface area contributed by atoms with Crippen molar-refractivity contribution in [3.05, 3.63) is 29.6 Å². The van der Waals surface area contributed by atoms with Crippen molar-refractivity contribution in [1.29, 1.82) is 0 Å². The summed E-state index contributed by atoms with van der Waals surface area (Å²) in [6.45, 7) is 6.59. The molecule has 144 valence electrons. The Hall–Kier alpha value is -2.51. The summed E-state index contributed by atoms with van der Waals surface area (Å²) < 4.78 is 19.1. The molecule has 1 saturated heterocycles. The van der Waals surface area contributed by atoms with Gasteiger partial charge in [-0.2, -0.15) is 0 Å². The number of nitrogens with two attached hydrogens (primary N) is 1. The number of rotatable bonds is 6. The molecule has 0 unspecified atom stereocenters. The summed E-state index contributed by atoms with van der Waals surface area (Å²) in [5.41, 5.74) is 6.08. The van der Waals surface area contributed by atoms with Gasteiger partial charge in [0.1, 0.15) is 0 Å². The number of nitrogens with zero attached hydrogens (tertiary/aromatic N) is 2. The summed E-state index contributed by atoms with van der Waals surface area (Å²) in [7, 11) is 0. The molecule has 0 aliphatic carbocycles. The molecule has 8 heteroatoms. The maximum atomic E-state index is 13.9. The summed E-state index contributed by atoms with van der Waals surface area (Å²) in [4.78, 5) is 17.4. The van der Waals surface area contributed by atoms with Gasteiger partial charge in [0.2, 0.25) is 0 Å². The van der Waals surface area contributed by atoms with Crippen molar-refractivity contribution in [2.45, 2.75) is 39.3 Å². The predicted molar refractivity (Wildman–Crippen MR) is 99.7 cm³/mol. The van der Waals surface area contributed by atoms with Crippen LogP contribution < -0.4 is 21.1 Å². The van der Waals surface area contributed by atoms with E-state index >= 15 is 0 Å². The highest BCUT2D eigenvalue weighted by atomic mass is 19.1. The molecule has 1 aliphatic rings. The summed E-state index contributed by atoms with van der Waals surface area (Å²) in [5, 5.41) is 6.57.